The fourth-order valence-corrected chi connectivity index (χ4v) is 2.07. The predicted molar refractivity (Wildman–Crippen MR) is 91.4 cm³/mol. The van der Waals surface area contributed by atoms with Gasteiger partial charge in [-0.2, -0.15) is 0 Å². The Kier molecular flexibility index (Phi) is 6.72. The second-order valence-corrected chi connectivity index (χ2v) is 7.15. The topological polar surface area (TPSA) is 50.4 Å². The van der Waals surface area contributed by atoms with Gasteiger partial charge in [-0.1, -0.05) is 52.3 Å². The van der Waals surface area contributed by atoms with Gasteiger partial charge in [-0.3, -0.25) is 0 Å². The average molecular weight is 306 g/mol. The summed E-state index contributed by atoms with van der Waals surface area (Å²) in [7, 11) is 0. The quantitative estimate of drug-likeness (QED) is 0.781. The molecule has 0 heterocycles. The fraction of sp³-hybridized carbons (Fsp3) is 0.611. The molecule has 0 aromatic heterocycles. The van der Waals surface area contributed by atoms with Crippen molar-refractivity contribution in [3.05, 3.63) is 29.3 Å². The second-order valence-electron chi connectivity index (χ2n) is 7.15. The SMILES string of the molecule is Cc1ccc(OCNC(=O)NCCC(C)C)c(C(C)(C)C)c1. The molecular weight excluding hydrogens is 276 g/mol. The molecule has 2 N–H and O–H groups in total. The maximum absolute atomic E-state index is 11.6. The van der Waals surface area contributed by atoms with Crippen molar-refractivity contribution in [2.24, 2.45) is 5.92 Å². The van der Waals surface area contributed by atoms with Crippen LogP contribution in [0.3, 0.4) is 0 Å². The molecule has 0 saturated heterocycles. The molecule has 0 unspecified atom stereocenters. The lowest BCUT2D eigenvalue weighted by molar-refractivity contribution is 0.222. The zero-order valence-corrected chi connectivity index (χ0v) is 14.7. The average Bonchev–Trinajstić information content (AvgIpc) is 2.39. The maximum Gasteiger partial charge on any atom is 0.317 e. The van der Waals surface area contributed by atoms with Crippen LogP contribution in [0, 0.1) is 12.8 Å². The number of nitrogens with one attached hydrogen (secondary N) is 2. The van der Waals surface area contributed by atoms with Gasteiger partial charge in [0.1, 0.15) is 5.75 Å². The van der Waals surface area contributed by atoms with E-state index in [4.69, 9.17) is 4.74 Å². The number of carbonyl (C=O) groups excluding carboxylic acids is 1. The van der Waals surface area contributed by atoms with E-state index < -0.39 is 0 Å². The van der Waals surface area contributed by atoms with Crippen LogP contribution in [0.2, 0.25) is 0 Å². The first-order valence-corrected chi connectivity index (χ1v) is 7.96. The lowest BCUT2D eigenvalue weighted by Gasteiger charge is -2.23. The maximum atomic E-state index is 11.6. The van der Waals surface area contributed by atoms with Gasteiger partial charge in [0, 0.05) is 6.54 Å². The van der Waals surface area contributed by atoms with E-state index in [1.54, 1.807) is 0 Å². The van der Waals surface area contributed by atoms with E-state index in [0.29, 0.717) is 12.5 Å². The van der Waals surface area contributed by atoms with Gasteiger partial charge < -0.3 is 15.4 Å². The Morgan fingerprint density at radius 3 is 2.50 bits per heavy atom. The Balaban J connectivity index is 2.50. The molecule has 124 valence electrons. The first kappa shape index (κ1) is 18.3. The van der Waals surface area contributed by atoms with Gasteiger partial charge in [0.25, 0.3) is 0 Å². The zero-order chi connectivity index (χ0) is 16.8. The summed E-state index contributed by atoms with van der Waals surface area (Å²) >= 11 is 0. The number of ether oxygens (including phenoxy) is 1. The Morgan fingerprint density at radius 1 is 1.23 bits per heavy atom. The molecule has 4 nitrogen and oxygen atoms in total. The molecule has 0 aliphatic heterocycles. The number of urea groups is 1. The Bertz CT molecular complexity index is 490. The van der Waals surface area contributed by atoms with Crippen molar-refractivity contribution < 1.29 is 9.53 Å². The minimum Gasteiger partial charge on any atom is -0.473 e. The van der Waals surface area contributed by atoms with E-state index in [9.17, 15) is 4.79 Å². The molecule has 22 heavy (non-hydrogen) atoms. The standard InChI is InChI=1S/C18H30N2O2/c1-13(2)9-10-19-17(21)20-12-22-16-8-7-14(3)11-15(16)18(4,5)6/h7-8,11,13H,9-10,12H2,1-6H3,(H2,19,20,21). The van der Waals surface area contributed by atoms with Crippen LogP contribution in [0.5, 0.6) is 5.75 Å². The van der Waals surface area contributed by atoms with Gasteiger partial charge >= 0.3 is 6.03 Å². The number of hydrogen-bond donors (Lipinski definition) is 2. The summed E-state index contributed by atoms with van der Waals surface area (Å²) in [6, 6.07) is 5.93. The van der Waals surface area contributed by atoms with Crippen molar-refractivity contribution in [2.75, 3.05) is 13.3 Å². The van der Waals surface area contributed by atoms with Crippen LogP contribution in [-0.2, 0) is 5.41 Å². The van der Waals surface area contributed by atoms with Crippen molar-refractivity contribution in [3.8, 4) is 5.75 Å². The molecule has 2 amide bonds. The highest BCUT2D eigenvalue weighted by atomic mass is 16.5. The highest BCUT2D eigenvalue weighted by Crippen LogP contribution is 2.31. The molecule has 0 bridgehead atoms. The predicted octanol–water partition coefficient (Wildman–Crippen LogP) is 3.97. The molecule has 0 saturated carbocycles. The molecule has 1 rings (SSSR count). The van der Waals surface area contributed by atoms with Gasteiger partial charge in [-0.15, -0.1) is 0 Å². The van der Waals surface area contributed by atoms with Crippen LogP contribution in [0.15, 0.2) is 18.2 Å². The lowest BCUT2D eigenvalue weighted by Crippen LogP contribution is -2.38. The van der Waals surface area contributed by atoms with E-state index in [1.807, 2.05) is 12.1 Å². The normalized spacial score (nSPS) is 11.4. The molecule has 1 aromatic carbocycles. The van der Waals surface area contributed by atoms with E-state index in [0.717, 1.165) is 17.7 Å². The minimum absolute atomic E-state index is 0.000870. The van der Waals surface area contributed by atoms with E-state index in [1.165, 1.54) is 5.56 Å². The van der Waals surface area contributed by atoms with Crippen molar-refractivity contribution in [1.82, 2.24) is 10.6 Å². The first-order valence-electron chi connectivity index (χ1n) is 7.96. The Labute approximate surface area is 134 Å². The van der Waals surface area contributed by atoms with Crippen LogP contribution in [0.4, 0.5) is 4.79 Å². The molecule has 4 heteroatoms. The van der Waals surface area contributed by atoms with Gasteiger partial charge in [0.05, 0.1) is 0 Å². The smallest absolute Gasteiger partial charge is 0.317 e. The summed E-state index contributed by atoms with van der Waals surface area (Å²) in [6.45, 7) is 13.6. The minimum atomic E-state index is -0.190. The fourth-order valence-electron chi connectivity index (χ4n) is 2.07. The van der Waals surface area contributed by atoms with Crippen molar-refractivity contribution >= 4 is 6.03 Å². The number of rotatable bonds is 6. The number of carbonyl (C=O) groups is 1. The van der Waals surface area contributed by atoms with Gasteiger partial charge in [-0.25, -0.2) is 4.79 Å². The summed E-state index contributed by atoms with van der Waals surface area (Å²) in [5.41, 5.74) is 2.35. The third-order valence-corrected chi connectivity index (χ3v) is 3.41. The second kappa shape index (κ2) is 8.06. The van der Waals surface area contributed by atoms with Crippen LogP contribution in [0.1, 0.15) is 52.2 Å². The molecule has 0 aliphatic rings. The molecule has 0 aliphatic carbocycles. The number of aryl methyl sites for hydroxylation is 1. The first-order chi connectivity index (χ1) is 10.2. The summed E-state index contributed by atoms with van der Waals surface area (Å²) in [6.07, 6.45) is 0.973. The van der Waals surface area contributed by atoms with Gasteiger partial charge in [-0.05, 0) is 36.3 Å². The van der Waals surface area contributed by atoms with E-state index in [2.05, 4.69) is 58.2 Å². The molecular formula is C18H30N2O2. The van der Waals surface area contributed by atoms with Crippen molar-refractivity contribution in [3.63, 3.8) is 0 Å². The highest BCUT2D eigenvalue weighted by molar-refractivity contribution is 5.73. The van der Waals surface area contributed by atoms with Gasteiger partial charge in [0.2, 0.25) is 0 Å². The summed E-state index contributed by atoms with van der Waals surface area (Å²) in [5.74, 6) is 1.40. The van der Waals surface area contributed by atoms with Crippen LogP contribution in [0.25, 0.3) is 0 Å². The molecule has 0 atom stereocenters. The highest BCUT2D eigenvalue weighted by Gasteiger charge is 2.19. The van der Waals surface area contributed by atoms with E-state index in [-0.39, 0.29) is 18.2 Å². The van der Waals surface area contributed by atoms with Crippen LogP contribution < -0.4 is 15.4 Å². The number of amides is 2. The Hall–Kier alpha value is -1.71. The van der Waals surface area contributed by atoms with Crippen LogP contribution >= 0.6 is 0 Å². The Morgan fingerprint density at radius 2 is 1.91 bits per heavy atom. The number of benzene rings is 1. The molecule has 1 aromatic rings. The summed E-state index contributed by atoms with van der Waals surface area (Å²) < 4.78 is 5.74. The number of hydrogen-bond acceptors (Lipinski definition) is 2. The van der Waals surface area contributed by atoms with Crippen LogP contribution in [-0.4, -0.2) is 19.3 Å². The third kappa shape index (κ3) is 6.37. The third-order valence-electron chi connectivity index (χ3n) is 3.41. The summed E-state index contributed by atoms with van der Waals surface area (Å²) in [5, 5.41) is 5.55. The monoisotopic (exact) mass is 306 g/mol. The molecule has 0 radical (unpaired) electrons. The largest absolute Gasteiger partial charge is 0.473 e. The summed E-state index contributed by atoms with van der Waals surface area (Å²) in [4.78, 5) is 11.6. The molecule has 0 spiro atoms. The van der Waals surface area contributed by atoms with E-state index >= 15 is 0 Å². The van der Waals surface area contributed by atoms with Crippen molar-refractivity contribution in [1.29, 1.82) is 0 Å². The van der Waals surface area contributed by atoms with Gasteiger partial charge in [0.15, 0.2) is 6.73 Å². The van der Waals surface area contributed by atoms with Crippen molar-refractivity contribution in [2.45, 2.75) is 53.4 Å². The molecule has 0 fully saturated rings. The zero-order valence-electron chi connectivity index (χ0n) is 14.7. The lowest BCUT2D eigenvalue weighted by atomic mass is 9.85.